The Balaban J connectivity index is 2.68. The normalized spacial score (nSPS) is 10.2. The highest BCUT2D eigenvalue weighted by Crippen LogP contribution is 2.15. The number of nitrogens with two attached hydrogens (primary N) is 1. The molecule has 0 bridgehead atoms. The topological polar surface area (TPSA) is 52.3 Å². The van der Waals surface area contributed by atoms with Crippen LogP contribution in [0.3, 0.4) is 0 Å². The molecule has 0 aromatic heterocycles. The van der Waals surface area contributed by atoms with Gasteiger partial charge >= 0.3 is 6.09 Å². The number of amides is 1. The van der Waals surface area contributed by atoms with Crippen molar-refractivity contribution in [2.24, 2.45) is 5.73 Å². The summed E-state index contributed by atoms with van der Waals surface area (Å²) in [5.41, 5.74) is 5.52. The zero-order chi connectivity index (χ0) is 9.68. The SMILES string of the molecule is NC(=O)O/C=C/c1ccccc1Cl. The molecule has 3 nitrogen and oxygen atoms in total. The molecule has 0 radical (unpaired) electrons. The largest absolute Gasteiger partial charge is 0.418 e. The average molecular weight is 198 g/mol. The molecule has 0 aliphatic carbocycles. The lowest BCUT2D eigenvalue weighted by atomic mass is 10.2. The third-order valence-electron chi connectivity index (χ3n) is 1.34. The Kier molecular flexibility index (Phi) is 3.34. The standard InChI is InChI=1S/C9H8ClNO2/c10-8-4-2-1-3-7(8)5-6-13-9(11)12/h1-6H,(H2,11,12)/b6-5+. The van der Waals surface area contributed by atoms with Crippen LogP contribution in [0, 0.1) is 0 Å². The van der Waals surface area contributed by atoms with E-state index >= 15 is 0 Å². The van der Waals surface area contributed by atoms with E-state index in [1.807, 2.05) is 12.1 Å². The zero-order valence-electron chi connectivity index (χ0n) is 6.74. The monoisotopic (exact) mass is 197 g/mol. The van der Waals surface area contributed by atoms with E-state index < -0.39 is 6.09 Å². The molecule has 2 N–H and O–H groups in total. The summed E-state index contributed by atoms with van der Waals surface area (Å²) in [6.45, 7) is 0. The van der Waals surface area contributed by atoms with Gasteiger partial charge in [-0.15, -0.1) is 0 Å². The maximum atomic E-state index is 10.2. The number of hydrogen-bond acceptors (Lipinski definition) is 2. The minimum absolute atomic E-state index is 0.590. The van der Waals surface area contributed by atoms with E-state index in [4.69, 9.17) is 17.3 Å². The fourth-order valence-corrected chi connectivity index (χ4v) is 0.983. The Hall–Kier alpha value is -1.48. The number of hydrogen-bond donors (Lipinski definition) is 1. The number of benzene rings is 1. The van der Waals surface area contributed by atoms with Crippen LogP contribution in [0.2, 0.25) is 5.02 Å². The van der Waals surface area contributed by atoms with Crippen LogP contribution in [0.25, 0.3) is 6.08 Å². The zero-order valence-corrected chi connectivity index (χ0v) is 7.49. The highest BCUT2D eigenvalue weighted by atomic mass is 35.5. The van der Waals surface area contributed by atoms with E-state index in [-0.39, 0.29) is 0 Å². The van der Waals surface area contributed by atoms with E-state index in [0.29, 0.717) is 5.02 Å². The third kappa shape index (κ3) is 3.17. The van der Waals surface area contributed by atoms with Gasteiger partial charge in [0, 0.05) is 5.02 Å². The molecule has 0 unspecified atom stereocenters. The number of carbonyl (C=O) groups excluding carboxylic acids is 1. The minimum atomic E-state index is -0.844. The van der Waals surface area contributed by atoms with Crippen LogP contribution in [-0.4, -0.2) is 6.09 Å². The van der Waals surface area contributed by atoms with Crippen LogP contribution in [0.15, 0.2) is 30.5 Å². The highest BCUT2D eigenvalue weighted by Gasteiger charge is 1.93. The average Bonchev–Trinajstić information content (AvgIpc) is 2.08. The number of rotatable bonds is 2. The van der Waals surface area contributed by atoms with Crippen LogP contribution in [0.5, 0.6) is 0 Å². The summed E-state index contributed by atoms with van der Waals surface area (Å²) in [6, 6.07) is 7.18. The van der Waals surface area contributed by atoms with E-state index in [2.05, 4.69) is 4.74 Å². The van der Waals surface area contributed by atoms with Gasteiger partial charge in [-0.3, -0.25) is 0 Å². The summed E-state index contributed by atoms with van der Waals surface area (Å²) in [5.74, 6) is 0. The first-order chi connectivity index (χ1) is 6.20. The fraction of sp³-hybridized carbons (Fsp3) is 0. The van der Waals surface area contributed by atoms with Crippen molar-refractivity contribution < 1.29 is 9.53 Å². The maximum absolute atomic E-state index is 10.2. The molecule has 0 atom stereocenters. The molecule has 0 saturated carbocycles. The molecule has 0 spiro atoms. The number of carbonyl (C=O) groups is 1. The Morgan fingerprint density at radius 1 is 1.46 bits per heavy atom. The molecule has 1 amide bonds. The van der Waals surface area contributed by atoms with Crippen LogP contribution in [-0.2, 0) is 4.74 Å². The van der Waals surface area contributed by atoms with Gasteiger partial charge in [-0.1, -0.05) is 29.8 Å². The van der Waals surface area contributed by atoms with Gasteiger partial charge in [0.15, 0.2) is 0 Å². The van der Waals surface area contributed by atoms with Gasteiger partial charge in [0.2, 0.25) is 0 Å². The number of ether oxygens (including phenoxy) is 1. The van der Waals surface area contributed by atoms with E-state index in [0.717, 1.165) is 5.56 Å². The van der Waals surface area contributed by atoms with Gasteiger partial charge in [0.05, 0.1) is 6.26 Å². The molecule has 1 aromatic carbocycles. The van der Waals surface area contributed by atoms with Crippen molar-refractivity contribution in [2.45, 2.75) is 0 Å². The highest BCUT2D eigenvalue weighted by molar-refractivity contribution is 6.32. The Morgan fingerprint density at radius 2 is 2.15 bits per heavy atom. The molecule has 0 fully saturated rings. The number of primary amides is 1. The Bertz CT molecular complexity index is 336. The van der Waals surface area contributed by atoms with Gasteiger partial charge in [0.1, 0.15) is 0 Å². The third-order valence-corrected chi connectivity index (χ3v) is 1.68. The first kappa shape index (κ1) is 9.61. The summed E-state index contributed by atoms with van der Waals surface area (Å²) in [4.78, 5) is 10.2. The van der Waals surface area contributed by atoms with Gasteiger partial charge in [-0.05, 0) is 17.7 Å². The molecule has 4 heteroatoms. The van der Waals surface area contributed by atoms with Crippen molar-refractivity contribution in [1.82, 2.24) is 0 Å². The van der Waals surface area contributed by atoms with Crippen LogP contribution < -0.4 is 5.73 Å². The Morgan fingerprint density at radius 3 is 2.77 bits per heavy atom. The molecule has 68 valence electrons. The Labute approximate surface area is 80.8 Å². The van der Waals surface area contributed by atoms with Crippen molar-refractivity contribution in [1.29, 1.82) is 0 Å². The number of halogens is 1. The van der Waals surface area contributed by atoms with E-state index in [1.54, 1.807) is 18.2 Å². The second-order valence-corrected chi connectivity index (χ2v) is 2.67. The molecule has 0 aliphatic rings. The summed E-state index contributed by atoms with van der Waals surface area (Å²) >= 11 is 5.82. The molecule has 13 heavy (non-hydrogen) atoms. The predicted octanol–water partition coefficient (Wildman–Crippen LogP) is 2.41. The van der Waals surface area contributed by atoms with Crippen LogP contribution >= 0.6 is 11.6 Å². The second-order valence-electron chi connectivity index (χ2n) is 2.26. The summed E-state index contributed by atoms with van der Waals surface area (Å²) in [6.07, 6.45) is 1.92. The second kappa shape index (κ2) is 4.52. The van der Waals surface area contributed by atoms with Crippen molar-refractivity contribution in [3.63, 3.8) is 0 Å². The molecular weight excluding hydrogens is 190 g/mol. The summed E-state index contributed by atoms with van der Waals surface area (Å²) in [5, 5.41) is 0.590. The quantitative estimate of drug-likeness (QED) is 0.741. The lowest BCUT2D eigenvalue weighted by Crippen LogP contribution is -2.08. The van der Waals surface area contributed by atoms with Crippen LogP contribution in [0.1, 0.15) is 5.56 Å². The molecule has 0 heterocycles. The lowest BCUT2D eigenvalue weighted by molar-refractivity contribution is 0.197. The molecule has 0 saturated heterocycles. The van der Waals surface area contributed by atoms with Gasteiger partial charge < -0.3 is 10.5 Å². The molecule has 1 rings (SSSR count). The predicted molar refractivity (Wildman–Crippen MR) is 51.2 cm³/mol. The van der Waals surface area contributed by atoms with Gasteiger partial charge in [0.25, 0.3) is 0 Å². The summed E-state index contributed by atoms with van der Waals surface area (Å²) < 4.78 is 4.40. The van der Waals surface area contributed by atoms with E-state index in [1.165, 1.54) is 6.26 Å². The van der Waals surface area contributed by atoms with Crippen molar-refractivity contribution >= 4 is 23.8 Å². The van der Waals surface area contributed by atoms with Gasteiger partial charge in [-0.2, -0.15) is 0 Å². The van der Waals surface area contributed by atoms with Crippen molar-refractivity contribution in [2.75, 3.05) is 0 Å². The maximum Gasteiger partial charge on any atom is 0.409 e. The van der Waals surface area contributed by atoms with Crippen molar-refractivity contribution in [3.8, 4) is 0 Å². The minimum Gasteiger partial charge on any atom is -0.418 e. The lowest BCUT2D eigenvalue weighted by Gasteiger charge is -1.95. The fourth-order valence-electron chi connectivity index (χ4n) is 0.785. The molecule has 0 aliphatic heterocycles. The first-order valence-electron chi connectivity index (χ1n) is 3.57. The van der Waals surface area contributed by atoms with Gasteiger partial charge in [-0.25, -0.2) is 4.79 Å². The van der Waals surface area contributed by atoms with Crippen molar-refractivity contribution in [3.05, 3.63) is 41.1 Å². The smallest absolute Gasteiger partial charge is 0.409 e. The first-order valence-corrected chi connectivity index (χ1v) is 3.95. The van der Waals surface area contributed by atoms with E-state index in [9.17, 15) is 4.79 Å². The molecular formula is C9H8ClNO2. The summed E-state index contributed by atoms with van der Waals surface area (Å²) in [7, 11) is 0. The van der Waals surface area contributed by atoms with Crippen LogP contribution in [0.4, 0.5) is 4.79 Å². The molecule has 1 aromatic rings.